The van der Waals surface area contributed by atoms with Crippen molar-refractivity contribution in [1.82, 2.24) is 16.2 Å². The molecular formula is C21H20BrN3O4S. The molecule has 3 rings (SSSR count). The fraction of sp³-hybridized carbons (Fsp3) is 0.143. The molecule has 0 saturated carbocycles. The maximum absolute atomic E-state index is 12.1. The molecule has 1 aromatic heterocycles. The number of ether oxygens (including phenoxy) is 1. The summed E-state index contributed by atoms with van der Waals surface area (Å²) in [6.07, 6.45) is 0. The zero-order chi connectivity index (χ0) is 21.2. The Morgan fingerprint density at radius 2 is 1.73 bits per heavy atom. The fourth-order valence-corrected chi connectivity index (χ4v) is 3.36. The van der Waals surface area contributed by atoms with Gasteiger partial charge in [-0.25, -0.2) is 10.2 Å². The van der Waals surface area contributed by atoms with E-state index in [9.17, 15) is 9.59 Å². The molecule has 0 atom stereocenters. The third-order valence-corrected chi connectivity index (χ3v) is 5.31. The molecule has 0 radical (unpaired) electrons. The predicted octanol–water partition coefficient (Wildman–Crippen LogP) is 4.36. The van der Waals surface area contributed by atoms with E-state index < -0.39 is 11.9 Å². The Morgan fingerprint density at radius 1 is 0.967 bits per heavy atom. The molecule has 0 unspecified atom stereocenters. The molecule has 0 aliphatic carbocycles. The van der Waals surface area contributed by atoms with Gasteiger partial charge in [0.05, 0.1) is 0 Å². The minimum Gasteiger partial charge on any atom is -0.486 e. The molecule has 3 N–H and O–H groups in total. The Bertz CT molecular complexity index is 964. The number of carbonyl (C=O) groups is 2. The topological polar surface area (TPSA) is 92.6 Å². The molecule has 1 heterocycles. The lowest BCUT2D eigenvalue weighted by Crippen LogP contribution is -2.47. The van der Waals surface area contributed by atoms with E-state index >= 15 is 0 Å². The number of thioether (sulfide) groups is 1. The summed E-state index contributed by atoms with van der Waals surface area (Å²) in [6, 6.07) is 19.9. The molecule has 30 heavy (non-hydrogen) atoms. The van der Waals surface area contributed by atoms with Gasteiger partial charge in [-0.05, 0) is 48.5 Å². The Hall–Kier alpha value is -2.91. The predicted molar refractivity (Wildman–Crippen MR) is 118 cm³/mol. The lowest BCUT2D eigenvalue weighted by molar-refractivity contribution is 0.0904. The van der Waals surface area contributed by atoms with Gasteiger partial charge < -0.3 is 14.5 Å². The number of hydrogen-bond acceptors (Lipinski definition) is 5. The van der Waals surface area contributed by atoms with Gasteiger partial charge in [-0.15, -0.1) is 11.8 Å². The van der Waals surface area contributed by atoms with E-state index in [1.165, 1.54) is 6.07 Å². The number of hydrazine groups is 1. The van der Waals surface area contributed by atoms with Crippen molar-refractivity contribution >= 4 is 39.6 Å². The van der Waals surface area contributed by atoms with Crippen molar-refractivity contribution in [2.75, 3.05) is 12.3 Å². The molecular weight excluding hydrogens is 470 g/mol. The van der Waals surface area contributed by atoms with Crippen molar-refractivity contribution in [3.8, 4) is 5.75 Å². The largest absolute Gasteiger partial charge is 0.486 e. The average Bonchev–Trinajstić information content (AvgIpc) is 3.25. The maximum atomic E-state index is 12.1. The summed E-state index contributed by atoms with van der Waals surface area (Å²) in [4.78, 5) is 25.0. The number of hydrogen-bond donors (Lipinski definition) is 3. The van der Waals surface area contributed by atoms with Gasteiger partial charge in [0.2, 0.25) is 0 Å². The van der Waals surface area contributed by atoms with Crippen LogP contribution in [-0.4, -0.2) is 24.2 Å². The standard InChI is InChI=1S/C21H20BrN3O4S/c22-15-6-9-18(10-7-15)30-13-12-23-21(27)25-24-20(26)19-11-8-17(29-19)14-28-16-4-2-1-3-5-16/h1-11H,12-14H2,(H,24,26)(H2,23,25,27). The summed E-state index contributed by atoms with van der Waals surface area (Å²) in [5.74, 6) is 1.43. The number of carbonyl (C=O) groups excluding carboxylic acids is 2. The summed E-state index contributed by atoms with van der Waals surface area (Å²) in [5.41, 5.74) is 4.60. The van der Waals surface area contributed by atoms with Gasteiger partial charge >= 0.3 is 11.9 Å². The van der Waals surface area contributed by atoms with E-state index in [2.05, 4.69) is 32.1 Å². The van der Waals surface area contributed by atoms with E-state index in [1.54, 1.807) is 17.8 Å². The molecule has 7 nitrogen and oxygen atoms in total. The highest BCUT2D eigenvalue weighted by molar-refractivity contribution is 9.10. The number of benzene rings is 2. The summed E-state index contributed by atoms with van der Waals surface area (Å²) in [5, 5.41) is 2.67. The number of nitrogens with one attached hydrogen (secondary N) is 3. The van der Waals surface area contributed by atoms with Gasteiger partial charge in [0, 0.05) is 21.7 Å². The molecule has 0 fully saturated rings. The molecule has 9 heteroatoms. The Morgan fingerprint density at radius 3 is 2.50 bits per heavy atom. The molecule has 0 aliphatic heterocycles. The highest BCUT2D eigenvalue weighted by Gasteiger charge is 2.12. The lowest BCUT2D eigenvalue weighted by Gasteiger charge is -2.08. The SMILES string of the molecule is O=C(NCCSc1ccc(Br)cc1)NNC(=O)c1ccc(COc2ccccc2)o1. The summed E-state index contributed by atoms with van der Waals surface area (Å²) < 4.78 is 12.0. The molecule has 2 aromatic carbocycles. The first-order valence-corrected chi connectivity index (χ1v) is 10.9. The Balaban J connectivity index is 1.33. The minimum atomic E-state index is -0.555. The average molecular weight is 490 g/mol. The highest BCUT2D eigenvalue weighted by Crippen LogP contribution is 2.20. The zero-order valence-electron chi connectivity index (χ0n) is 15.9. The van der Waals surface area contributed by atoms with Crippen molar-refractivity contribution in [1.29, 1.82) is 0 Å². The third-order valence-electron chi connectivity index (χ3n) is 3.77. The van der Waals surface area contributed by atoms with Gasteiger partial charge in [0.25, 0.3) is 0 Å². The number of amides is 3. The molecule has 3 amide bonds. The third kappa shape index (κ3) is 7.16. The first-order valence-electron chi connectivity index (χ1n) is 9.09. The second kappa shape index (κ2) is 11.3. The molecule has 0 bridgehead atoms. The van der Waals surface area contributed by atoms with Crippen molar-refractivity contribution < 1.29 is 18.7 Å². The van der Waals surface area contributed by atoms with Crippen molar-refractivity contribution in [3.63, 3.8) is 0 Å². The first kappa shape index (κ1) is 21.8. The van der Waals surface area contributed by atoms with E-state index in [1.807, 2.05) is 54.6 Å². The molecule has 0 saturated heterocycles. The fourth-order valence-electron chi connectivity index (χ4n) is 2.33. The molecule has 156 valence electrons. The van der Waals surface area contributed by atoms with Gasteiger partial charge in [-0.3, -0.25) is 10.2 Å². The molecule has 0 aliphatic rings. The van der Waals surface area contributed by atoms with Crippen LogP contribution in [0.2, 0.25) is 0 Å². The highest BCUT2D eigenvalue weighted by atomic mass is 79.9. The van der Waals surface area contributed by atoms with Gasteiger partial charge in [-0.2, -0.15) is 0 Å². The Kier molecular flexibility index (Phi) is 8.22. The van der Waals surface area contributed by atoms with Crippen LogP contribution >= 0.6 is 27.7 Å². The van der Waals surface area contributed by atoms with Gasteiger partial charge in [0.1, 0.15) is 18.1 Å². The van der Waals surface area contributed by atoms with Gasteiger partial charge in [0.15, 0.2) is 5.76 Å². The number of urea groups is 1. The first-order chi connectivity index (χ1) is 14.6. The van der Waals surface area contributed by atoms with Crippen LogP contribution in [0.5, 0.6) is 5.75 Å². The van der Waals surface area contributed by atoms with Crippen LogP contribution in [-0.2, 0) is 6.61 Å². The lowest BCUT2D eigenvalue weighted by atomic mass is 10.3. The summed E-state index contributed by atoms with van der Waals surface area (Å²) >= 11 is 5.01. The Labute approximate surface area is 186 Å². The number of rotatable bonds is 8. The van der Waals surface area contributed by atoms with Crippen LogP contribution in [0.25, 0.3) is 0 Å². The van der Waals surface area contributed by atoms with Crippen molar-refractivity contribution in [2.45, 2.75) is 11.5 Å². The van der Waals surface area contributed by atoms with Crippen LogP contribution in [0.15, 0.2) is 80.5 Å². The zero-order valence-corrected chi connectivity index (χ0v) is 18.3. The summed E-state index contributed by atoms with van der Waals surface area (Å²) in [7, 11) is 0. The number of halogens is 1. The van der Waals surface area contributed by atoms with Crippen LogP contribution < -0.4 is 20.9 Å². The minimum absolute atomic E-state index is 0.0766. The summed E-state index contributed by atoms with van der Waals surface area (Å²) in [6.45, 7) is 0.644. The van der Waals surface area contributed by atoms with E-state index in [0.717, 1.165) is 9.37 Å². The van der Waals surface area contributed by atoms with Crippen molar-refractivity contribution in [2.24, 2.45) is 0 Å². The van der Waals surface area contributed by atoms with E-state index in [4.69, 9.17) is 9.15 Å². The van der Waals surface area contributed by atoms with Crippen LogP contribution in [0.4, 0.5) is 4.79 Å². The smallest absolute Gasteiger partial charge is 0.333 e. The number of para-hydroxylation sites is 1. The molecule has 3 aromatic rings. The van der Waals surface area contributed by atoms with Crippen molar-refractivity contribution in [3.05, 3.63) is 82.7 Å². The second-order valence-corrected chi connectivity index (χ2v) is 8.09. The monoisotopic (exact) mass is 489 g/mol. The maximum Gasteiger partial charge on any atom is 0.333 e. The van der Waals surface area contributed by atoms with E-state index in [-0.39, 0.29) is 12.4 Å². The normalized spacial score (nSPS) is 10.3. The quantitative estimate of drug-likeness (QED) is 0.248. The van der Waals surface area contributed by atoms with Crippen LogP contribution in [0.3, 0.4) is 0 Å². The second-order valence-electron chi connectivity index (χ2n) is 6.01. The van der Waals surface area contributed by atoms with E-state index in [0.29, 0.717) is 23.8 Å². The number of furan rings is 1. The molecule has 0 spiro atoms. The van der Waals surface area contributed by atoms with Gasteiger partial charge in [-0.1, -0.05) is 34.1 Å². The van der Waals surface area contributed by atoms with Crippen LogP contribution in [0.1, 0.15) is 16.3 Å². The van der Waals surface area contributed by atoms with Crippen LogP contribution in [0, 0.1) is 0 Å².